The molecule has 0 unspecified atom stereocenters. The van der Waals surface area contributed by atoms with E-state index in [0.717, 1.165) is 34.2 Å². The van der Waals surface area contributed by atoms with Gasteiger partial charge in [-0.15, -0.1) is 0 Å². The Morgan fingerprint density at radius 3 is 2.34 bits per heavy atom. The van der Waals surface area contributed by atoms with Gasteiger partial charge in [0.05, 0.1) is 17.3 Å². The van der Waals surface area contributed by atoms with Crippen molar-refractivity contribution in [3.8, 4) is 22.3 Å². The highest BCUT2D eigenvalue weighted by molar-refractivity contribution is 5.97. The maximum absolute atomic E-state index is 12.8. The first kappa shape index (κ1) is 17.4. The van der Waals surface area contributed by atoms with Crippen LogP contribution in [0.3, 0.4) is 0 Å². The molecule has 0 aliphatic heterocycles. The van der Waals surface area contributed by atoms with Crippen molar-refractivity contribution in [3.05, 3.63) is 84.9 Å². The Morgan fingerprint density at radius 1 is 0.759 bits per heavy atom. The maximum atomic E-state index is 12.8. The summed E-state index contributed by atoms with van der Waals surface area (Å²) in [6, 6.07) is 14.8. The minimum absolute atomic E-state index is 0.638. The van der Waals surface area contributed by atoms with Crippen molar-refractivity contribution in [1.29, 1.82) is 0 Å². The first-order valence-electron chi connectivity index (χ1n) is 8.86. The van der Waals surface area contributed by atoms with Crippen LogP contribution in [0.1, 0.15) is 5.56 Å². The highest BCUT2D eigenvalue weighted by Gasteiger charge is 2.30. The van der Waals surface area contributed by atoms with Crippen molar-refractivity contribution in [2.75, 3.05) is 0 Å². The number of fused-ring (bicyclic) bond motifs is 2. The van der Waals surface area contributed by atoms with E-state index in [1.807, 2.05) is 30.3 Å². The summed E-state index contributed by atoms with van der Waals surface area (Å²) < 4.78 is 40.0. The van der Waals surface area contributed by atoms with Gasteiger partial charge in [0.2, 0.25) is 0 Å². The largest absolute Gasteiger partial charge is 0.416 e. The second kappa shape index (κ2) is 6.41. The fourth-order valence-electron chi connectivity index (χ4n) is 3.40. The number of hydrogen-bond donors (Lipinski definition) is 0. The molecule has 0 saturated carbocycles. The Hall–Kier alpha value is -3.74. The Balaban J connectivity index is 1.58. The number of para-hydroxylation sites is 1. The van der Waals surface area contributed by atoms with Crippen LogP contribution >= 0.6 is 0 Å². The molecule has 3 aromatic heterocycles. The van der Waals surface area contributed by atoms with Gasteiger partial charge < -0.3 is 0 Å². The molecule has 0 spiro atoms. The van der Waals surface area contributed by atoms with Crippen LogP contribution in [0, 0.1) is 0 Å². The van der Waals surface area contributed by atoms with Gasteiger partial charge in [0.15, 0.2) is 5.65 Å². The monoisotopic (exact) mass is 390 g/mol. The number of nitrogens with zero attached hydrogens (tertiary/aromatic N) is 4. The zero-order valence-corrected chi connectivity index (χ0v) is 14.9. The summed E-state index contributed by atoms with van der Waals surface area (Å²) in [5, 5.41) is 5.40. The molecule has 0 N–H and O–H groups in total. The molecule has 29 heavy (non-hydrogen) atoms. The van der Waals surface area contributed by atoms with Crippen LogP contribution < -0.4 is 0 Å². The Labute approximate surface area is 163 Å². The molecule has 0 radical (unpaired) electrons. The average molecular weight is 390 g/mol. The van der Waals surface area contributed by atoms with E-state index < -0.39 is 11.7 Å². The summed E-state index contributed by atoms with van der Waals surface area (Å²) in [5.74, 6) is 0. The first-order valence-corrected chi connectivity index (χ1v) is 8.86. The zero-order valence-electron chi connectivity index (χ0n) is 14.9. The fourth-order valence-corrected chi connectivity index (χ4v) is 3.40. The summed E-state index contributed by atoms with van der Waals surface area (Å²) in [6.07, 6.45) is 2.54. The minimum Gasteiger partial charge on any atom is -0.256 e. The number of halogens is 3. The van der Waals surface area contributed by atoms with Crippen molar-refractivity contribution < 1.29 is 13.2 Å². The Kier molecular flexibility index (Phi) is 3.84. The van der Waals surface area contributed by atoms with Gasteiger partial charge in [-0.3, -0.25) is 4.98 Å². The lowest BCUT2D eigenvalue weighted by atomic mass is 10.0. The van der Waals surface area contributed by atoms with Gasteiger partial charge in [-0.1, -0.05) is 30.3 Å². The number of aromatic nitrogens is 4. The van der Waals surface area contributed by atoms with E-state index in [4.69, 9.17) is 0 Å². The molecule has 0 amide bonds. The molecule has 7 heteroatoms. The number of benzene rings is 2. The lowest BCUT2D eigenvalue weighted by Crippen LogP contribution is -2.04. The van der Waals surface area contributed by atoms with Gasteiger partial charge >= 0.3 is 6.18 Å². The van der Waals surface area contributed by atoms with Crippen LogP contribution in [-0.4, -0.2) is 19.6 Å². The molecule has 0 bridgehead atoms. The SMILES string of the molecule is FC(F)(F)c1ccc(-c2cnc3c(-c4ccnc5ccccc45)cnn3c2)cc1. The van der Waals surface area contributed by atoms with E-state index in [2.05, 4.69) is 15.1 Å². The van der Waals surface area contributed by atoms with Crippen LogP contribution in [0.25, 0.3) is 38.8 Å². The second-order valence-electron chi connectivity index (χ2n) is 6.62. The average Bonchev–Trinajstić information content (AvgIpc) is 3.16. The van der Waals surface area contributed by atoms with E-state index in [1.165, 1.54) is 12.1 Å². The molecule has 5 rings (SSSR count). The third-order valence-corrected chi connectivity index (χ3v) is 4.84. The van der Waals surface area contributed by atoms with E-state index in [-0.39, 0.29) is 0 Å². The van der Waals surface area contributed by atoms with Crippen LogP contribution in [-0.2, 0) is 6.18 Å². The number of alkyl halides is 3. The van der Waals surface area contributed by atoms with Crippen molar-refractivity contribution in [2.24, 2.45) is 0 Å². The molecule has 3 heterocycles. The summed E-state index contributed by atoms with van der Waals surface area (Å²) in [6.45, 7) is 0. The molecular weight excluding hydrogens is 377 g/mol. The van der Waals surface area contributed by atoms with Gasteiger partial charge in [-0.2, -0.15) is 18.3 Å². The zero-order chi connectivity index (χ0) is 20.0. The van der Waals surface area contributed by atoms with E-state index in [9.17, 15) is 13.2 Å². The Bertz CT molecular complexity index is 1330. The van der Waals surface area contributed by atoms with Crippen LogP contribution in [0.5, 0.6) is 0 Å². The highest BCUT2D eigenvalue weighted by Crippen LogP contribution is 2.32. The van der Waals surface area contributed by atoms with Crippen molar-refractivity contribution in [1.82, 2.24) is 19.6 Å². The predicted molar refractivity (Wildman–Crippen MR) is 104 cm³/mol. The molecule has 5 aromatic rings. The predicted octanol–water partition coefficient (Wildman–Crippen LogP) is 5.63. The standard InChI is InChI=1S/C22H13F3N4/c23-22(24,25)16-7-5-14(6-8-16)15-11-27-21-19(12-28-29(21)13-15)17-9-10-26-20-4-2-1-3-18(17)20/h1-13H. The van der Waals surface area contributed by atoms with Crippen LogP contribution in [0.2, 0.25) is 0 Å². The number of rotatable bonds is 2. The number of pyridine rings is 1. The van der Waals surface area contributed by atoms with Gasteiger partial charge in [0.25, 0.3) is 0 Å². The normalized spacial score (nSPS) is 12.0. The third kappa shape index (κ3) is 3.00. The summed E-state index contributed by atoms with van der Waals surface area (Å²) in [7, 11) is 0. The summed E-state index contributed by atoms with van der Waals surface area (Å²) in [5.41, 5.74) is 4.02. The van der Waals surface area contributed by atoms with Crippen molar-refractivity contribution >= 4 is 16.6 Å². The molecular formula is C22H13F3N4. The van der Waals surface area contributed by atoms with Crippen molar-refractivity contribution in [2.45, 2.75) is 6.18 Å². The van der Waals surface area contributed by atoms with Crippen LogP contribution in [0.4, 0.5) is 13.2 Å². The summed E-state index contributed by atoms with van der Waals surface area (Å²) >= 11 is 0. The lowest BCUT2D eigenvalue weighted by molar-refractivity contribution is -0.137. The Morgan fingerprint density at radius 2 is 1.55 bits per heavy atom. The minimum atomic E-state index is -4.36. The quantitative estimate of drug-likeness (QED) is 0.392. The molecule has 0 aliphatic rings. The van der Waals surface area contributed by atoms with Gasteiger partial charge in [0, 0.05) is 35.1 Å². The molecule has 0 fully saturated rings. The molecule has 4 nitrogen and oxygen atoms in total. The lowest BCUT2D eigenvalue weighted by Gasteiger charge is -2.08. The third-order valence-electron chi connectivity index (χ3n) is 4.84. The molecule has 0 atom stereocenters. The van der Waals surface area contributed by atoms with E-state index in [0.29, 0.717) is 16.8 Å². The number of hydrogen-bond acceptors (Lipinski definition) is 3. The fraction of sp³-hybridized carbons (Fsp3) is 0.0455. The molecule has 2 aromatic carbocycles. The first-order chi connectivity index (χ1) is 14.0. The van der Waals surface area contributed by atoms with E-state index in [1.54, 1.807) is 29.3 Å². The van der Waals surface area contributed by atoms with Gasteiger partial charge in [-0.05, 0) is 35.4 Å². The molecule has 0 aliphatic carbocycles. The second-order valence-corrected chi connectivity index (χ2v) is 6.62. The van der Waals surface area contributed by atoms with Crippen LogP contribution in [0.15, 0.2) is 79.4 Å². The summed E-state index contributed by atoms with van der Waals surface area (Å²) in [4.78, 5) is 8.91. The van der Waals surface area contributed by atoms with Gasteiger partial charge in [0.1, 0.15) is 0 Å². The molecule has 142 valence electrons. The van der Waals surface area contributed by atoms with Crippen molar-refractivity contribution in [3.63, 3.8) is 0 Å². The molecule has 0 saturated heterocycles. The maximum Gasteiger partial charge on any atom is 0.416 e. The smallest absolute Gasteiger partial charge is 0.256 e. The topological polar surface area (TPSA) is 43.1 Å². The van der Waals surface area contributed by atoms with Gasteiger partial charge in [-0.25, -0.2) is 9.50 Å². The van der Waals surface area contributed by atoms with E-state index >= 15 is 0 Å². The highest BCUT2D eigenvalue weighted by atomic mass is 19.4.